The third-order valence-electron chi connectivity index (χ3n) is 5.56. The molecule has 30 heavy (non-hydrogen) atoms. The molecule has 0 aliphatic heterocycles. The van der Waals surface area contributed by atoms with Crippen LogP contribution in [0.2, 0.25) is 0 Å². The van der Waals surface area contributed by atoms with E-state index in [4.69, 9.17) is 9.47 Å². The molecule has 176 valence electrons. The summed E-state index contributed by atoms with van der Waals surface area (Å²) in [5, 5.41) is 0. The van der Waals surface area contributed by atoms with Gasteiger partial charge in [0.25, 0.3) is 0 Å². The first-order chi connectivity index (χ1) is 14.1. The molecular weight excluding hydrogens is 382 g/mol. The minimum Gasteiger partial charge on any atom is -0.466 e. The highest BCUT2D eigenvalue weighted by molar-refractivity contribution is 5.73. The summed E-state index contributed by atoms with van der Waals surface area (Å²) in [5.41, 5.74) is -0.0678. The van der Waals surface area contributed by atoms with Gasteiger partial charge in [0.1, 0.15) is 6.10 Å². The van der Waals surface area contributed by atoms with E-state index in [-0.39, 0.29) is 29.4 Å². The standard InChI is InChI=1S/C24H45NO5/c1-7-9-17-24(5,6)22(30-21(4)27)15-14-19-25(20(3)26)18-13-11-10-12-16-23(28)29-8-2/h22H,7-19H2,1-6H3. The number of amides is 1. The SMILES string of the molecule is CCCCC(C)(C)C(CCCN(CCCCCCC(=O)OCC)C(C)=O)OC(C)=O. The summed E-state index contributed by atoms with van der Waals surface area (Å²) in [7, 11) is 0. The van der Waals surface area contributed by atoms with Crippen molar-refractivity contribution in [2.75, 3.05) is 19.7 Å². The number of ether oxygens (including phenoxy) is 2. The van der Waals surface area contributed by atoms with Crippen molar-refractivity contribution in [3.8, 4) is 0 Å². The predicted octanol–water partition coefficient (Wildman–Crippen LogP) is 5.28. The Morgan fingerprint density at radius 2 is 1.53 bits per heavy atom. The number of hydrogen-bond donors (Lipinski definition) is 0. The topological polar surface area (TPSA) is 72.9 Å². The average Bonchev–Trinajstić information content (AvgIpc) is 2.66. The molecule has 0 heterocycles. The Kier molecular flexibility index (Phi) is 15.3. The highest BCUT2D eigenvalue weighted by Gasteiger charge is 2.31. The summed E-state index contributed by atoms with van der Waals surface area (Å²) in [6, 6.07) is 0. The first-order valence-electron chi connectivity index (χ1n) is 11.7. The number of hydrogen-bond acceptors (Lipinski definition) is 5. The molecule has 0 aromatic heterocycles. The van der Waals surface area contributed by atoms with E-state index in [9.17, 15) is 14.4 Å². The van der Waals surface area contributed by atoms with Crippen LogP contribution in [0.1, 0.15) is 106 Å². The van der Waals surface area contributed by atoms with Crippen LogP contribution in [-0.2, 0) is 23.9 Å². The molecule has 0 aromatic rings. The van der Waals surface area contributed by atoms with E-state index >= 15 is 0 Å². The Bertz CT molecular complexity index is 504. The van der Waals surface area contributed by atoms with Crippen LogP contribution in [0, 0.1) is 5.41 Å². The number of carbonyl (C=O) groups is 3. The molecule has 6 nitrogen and oxygen atoms in total. The molecule has 0 rings (SSSR count). The smallest absolute Gasteiger partial charge is 0.305 e. The lowest BCUT2D eigenvalue weighted by Crippen LogP contribution is -2.36. The Balaban J connectivity index is 4.37. The molecule has 6 heteroatoms. The molecular formula is C24H45NO5. The number of nitrogens with zero attached hydrogens (tertiary/aromatic N) is 1. The van der Waals surface area contributed by atoms with Gasteiger partial charge in [-0.2, -0.15) is 0 Å². The molecule has 0 spiro atoms. The van der Waals surface area contributed by atoms with Crippen molar-refractivity contribution in [3.63, 3.8) is 0 Å². The van der Waals surface area contributed by atoms with E-state index in [1.165, 1.54) is 6.92 Å². The van der Waals surface area contributed by atoms with E-state index in [2.05, 4.69) is 20.8 Å². The van der Waals surface area contributed by atoms with Crippen molar-refractivity contribution in [1.29, 1.82) is 0 Å². The average molecular weight is 428 g/mol. The molecule has 1 atom stereocenters. The normalized spacial score (nSPS) is 12.3. The Morgan fingerprint density at radius 3 is 2.10 bits per heavy atom. The zero-order valence-electron chi connectivity index (χ0n) is 20.3. The molecule has 0 saturated heterocycles. The summed E-state index contributed by atoms with van der Waals surface area (Å²) < 4.78 is 10.6. The maximum Gasteiger partial charge on any atom is 0.305 e. The second-order valence-electron chi connectivity index (χ2n) is 8.81. The van der Waals surface area contributed by atoms with Crippen molar-refractivity contribution in [1.82, 2.24) is 4.90 Å². The van der Waals surface area contributed by atoms with Gasteiger partial charge in [0.05, 0.1) is 6.61 Å². The number of carbonyl (C=O) groups excluding carboxylic acids is 3. The highest BCUT2D eigenvalue weighted by atomic mass is 16.5. The van der Waals surface area contributed by atoms with Crippen molar-refractivity contribution < 1.29 is 23.9 Å². The predicted molar refractivity (Wildman–Crippen MR) is 120 cm³/mol. The largest absolute Gasteiger partial charge is 0.466 e. The lowest BCUT2D eigenvalue weighted by Gasteiger charge is -2.34. The fourth-order valence-electron chi connectivity index (χ4n) is 3.66. The van der Waals surface area contributed by atoms with Gasteiger partial charge >= 0.3 is 11.9 Å². The van der Waals surface area contributed by atoms with Crippen molar-refractivity contribution in [3.05, 3.63) is 0 Å². The third kappa shape index (κ3) is 13.6. The van der Waals surface area contributed by atoms with Crippen LogP contribution < -0.4 is 0 Å². The van der Waals surface area contributed by atoms with Crippen LogP contribution in [0.4, 0.5) is 0 Å². The van der Waals surface area contributed by atoms with Crippen LogP contribution in [-0.4, -0.2) is 48.5 Å². The molecule has 0 bridgehead atoms. The lowest BCUT2D eigenvalue weighted by molar-refractivity contribution is -0.153. The van der Waals surface area contributed by atoms with Crippen LogP contribution in [0.15, 0.2) is 0 Å². The van der Waals surface area contributed by atoms with Gasteiger partial charge in [-0.3, -0.25) is 14.4 Å². The first kappa shape index (κ1) is 28.4. The quantitative estimate of drug-likeness (QED) is 0.233. The van der Waals surface area contributed by atoms with Gasteiger partial charge in [0, 0.05) is 38.8 Å². The summed E-state index contributed by atoms with van der Waals surface area (Å²) in [4.78, 5) is 36.8. The van der Waals surface area contributed by atoms with Crippen LogP contribution >= 0.6 is 0 Å². The maximum atomic E-state index is 12.0. The van der Waals surface area contributed by atoms with Gasteiger partial charge in [-0.05, 0) is 39.0 Å². The van der Waals surface area contributed by atoms with E-state index in [0.29, 0.717) is 19.6 Å². The molecule has 0 aliphatic carbocycles. The zero-order chi connectivity index (χ0) is 23.0. The van der Waals surface area contributed by atoms with E-state index in [1.54, 1.807) is 6.92 Å². The molecule has 0 saturated carbocycles. The molecule has 0 radical (unpaired) electrons. The van der Waals surface area contributed by atoms with Gasteiger partial charge in [0.15, 0.2) is 0 Å². The third-order valence-corrected chi connectivity index (χ3v) is 5.56. The maximum absolute atomic E-state index is 12.0. The second kappa shape index (κ2) is 16.1. The minimum absolute atomic E-state index is 0.0678. The van der Waals surface area contributed by atoms with E-state index in [1.807, 2.05) is 11.8 Å². The molecule has 1 unspecified atom stereocenters. The van der Waals surface area contributed by atoms with Crippen molar-refractivity contribution in [2.45, 2.75) is 112 Å². The van der Waals surface area contributed by atoms with Gasteiger partial charge in [0.2, 0.25) is 5.91 Å². The van der Waals surface area contributed by atoms with Gasteiger partial charge < -0.3 is 14.4 Å². The van der Waals surface area contributed by atoms with E-state index < -0.39 is 0 Å². The van der Waals surface area contributed by atoms with Crippen LogP contribution in [0.5, 0.6) is 0 Å². The van der Waals surface area contributed by atoms with Crippen molar-refractivity contribution in [2.24, 2.45) is 5.41 Å². The Labute approximate surface area is 184 Å². The first-order valence-corrected chi connectivity index (χ1v) is 11.7. The second-order valence-corrected chi connectivity index (χ2v) is 8.81. The summed E-state index contributed by atoms with van der Waals surface area (Å²) >= 11 is 0. The molecule has 0 N–H and O–H groups in total. The molecule has 0 fully saturated rings. The minimum atomic E-state index is -0.240. The lowest BCUT2D eigenvalue weighted by atomic mass is 9.79. The van der Waals surface area contributed by atoms with Gasteiger partial charge in [-0.1, -0.05) is 46.5 Å². The fourth-order valence-corrected chi connectivity index (χ4v) is 3.66. The van der Waals surface area contributed by atoms with Gasteiger partial charge in [-0.15, -0.1) is 0 Å². The summed E-state index contributed by atoms with van der Waals surface area (Å²) in [6.07, 6.45) is 8.88. The highest BCUT2D eigenvalue weighted by Crippen LogP contribution is 2.32. The number of rotatable bonds is 17. The van der Waals surface area contributed by atoms with Crippen molar-refractivity contribution >= 4 is 17.8 Å². The van der Waals surface area contributed by atoms with Crippen LogP contribution in [0.25, 0.3) is 0 Å². The summed E-state index contributed by atoms with van der Waals surface area (Å²) in [6.45, 7) is 13.2. The fraction of sp³-hybridized carbons (Fsp3) is 0.875. The number of esters is 2. The Morgan fingerprint density at radius 1 is 0.900 bits per heavy atom. The Hall–Kier alpha value is -1.59. The van der Waals surface area contributed by atoms with Gasteiger partial charge in [-0.25, -0.2) is 0 Å². The molecule has 0 aromatic carbocycles. The van der Waals surface area contributed by atoms with E-state index in [0.717, 1.165) is 64.3 Å². The summed E-state index contributed by atoms with van der Waals surface area (Å²) in [5.74, 6) is -0.293. The van der Waals surface area contributed by atoms with Crippen LogP contribution in [0.3, 0.4) is 0 Å². The number of unbranched alkanes of at least 4 members (excludes halogenated alkanes) is 4. The molecule has 0 aliphatic rings. The monoisotopic (exact) mass is 427 g/mol. The molecule has 1 amide bonds. The zero-order valence-corrected chi connectivity index (χ0v) is 20.3.